The van der Waals surface area contributed by atoms with Gasteiger partial charge in [-0.3, -0.25) is 13.9 Å². The predicted molar refractivity (Wildman–Crippen MR) is 184 cm³/mol. The molecule has 5 aromatic rings. The Kier molecular flexibility index (Phi) is 10.7. The van der Waals surface area contributed by atoms with Crippen molar-refractivity contribution in [2.75, 3.05) is 17.9 Å². The second-order valence-electron chi connectivity index (χ2n) is 11.0. The minimum atomic E-state index is -4.20. The summed E-state index contributed by atoms with van der Waals surface area (Å²) in [5, 5.41) is 2.71. The van der Waals surface area contributed by atoms with Crippen LogP contribution in [0.5, 0.6) is 11.5 Å². The SMILES string of the molecule is CNC(=O)[C@@H](Cc1ccccc1)N(Cc1ccccc1C)C(=O)CN(c1ccc(Oc2ccccc2)cc1)S(=O)(=O)c1ccccc1. The molecule has 0 bridgehead atoms. The highest BCUT2D eigenvalue weighted by Crippen LogP contribution is 2.29. The molecule has 5 aromatic carbocycles. The molecule has 0 radical (unpaired) electrons. The van der Waals surface area contributed by atoms with Crippen LogP contribution in [-0.4, -0.2) is 44.8 Å². The maximum absolute atomic E-state index is 14.5. The van der Waals surface area contributed by atoms with Crippen molar-refractivity contribution in [2.45, 2.75) is 30.8 Å². The molecule has 0 aliphatic rings. The third kappa shape index (κ3) is 8.25. The summed E-state index contributed by atoms with van der Waals surface area (Å²) in [6.07, 6.45) is 0.245. The minimum Gasteiger partial charge on any atom is -0.457 e. The lowest BCUT2D eigenvalue weighted by Crippen LogP contribution is -2.53. The third-order valence-corrected chi connectivity index (χ3v) is 9.62. The van der Waals surface area contributed by atoms with E-state index in [1.54, 1.807) is 42.5 Å². The Hall–Kier alpha value is -5.41. The molecule has 9 heteroatoms. The van der Waals surface area contributed by atoms with Crippen molar-refractivity contribution in [3.05, 3.63) is 156 Å². The van der Waals surface area contributed by atoms with Crippen LogP contribution in [0, 0.1) is 6.92 Å². The first kappa shape index (κ1) is 33.0. The van der Waals surface area contributed by atoms with E-state index in [0.29, 0.717) is 11.5 Å². The Morgan fingerprint density at radius 1 is 0.723 bits per heavy atom. The second kappa shape index (κ2) is 15.2. The Morgan fingerprint density at radius 3 is 1.89 bits per heavy atom. The van der Waals surface area contributed by atoms with Crippen molar-refractivity contribution in [3.63, 3.8) is 0 Å². The van der Waals surface area contributed by atoms with Crippen molar-refractivity contribution in [1.82, 2.24) is 10.2 Å². The van der Waals surface area contributed by atoms with E-state index < -0.39 is 28.5 Å². The minimum absolute atomic E-state index is 0.0370. The zero-order valence-electron chi connectivity index (χ0n) is 26.3. The molecule has 0 heterocycles. The molecule has 0 aliphatic carbocycles. The number of hydrogen-bond donors (Lipinski definition) is 1. The van der Waals surface area contributed by atoms with Crippen LogP contribution in [-0.2, 0) is 32.6 Å². The molecule has 1 atom stereocenters. The fourth-order valence-electron chi connectivity index (χ4n) is 5.25. The first-order valence-corrected chi connectivity index (χ1v) is 16.7. The highest BCUT2D eigenvalue weighted by molar-refractivity contribution is 7.92. The molecule has 1 N–H and O–H groups in total. The van der Waals surface area contributed by atoms with Gasteiger partial charge in [0.05, 0.1) is 10.6 Å². The quantitative estimate of drug-likeness (QED) is 0.160. The molecule has 8 nitrogen and oxygen atoms in total. The van der Waals surface area contributed by atoms with Crippen molar-refractivity contribution in [2.24, 2.45) is 0 Å². The average Bonchev–Trinajstić information content (AvgIpc) is 3.10. The number of amides is 2. The summed E-state index contributed by atoms with van der Waals surface area (Å²) >= 11 is 0. The zero-order chi connectivity index (χ0) is 33.2. The van der Waals surface area contributed by atoms with Gasteiger partial charge in [0, 0.05) is 20.0 Å². The van der Waals surface area contributed by atoms with Crippen LogP contribution in [0.1, 0.15) is 16.7 Å². The maximum Gasteiger partial charge on any atom is 0.264 e. The van der Waals surface area contributed by atoms with E-state index in [0.717, 1.165) is 21.0 Å². The molecule has 0 unspecified atom stereocenters. The predicted octanol–water partition coefficient (Wildman–Crippen LogP) is 6.37. The molecule has 0 aliphatic heterocycles. The number of aryl methyl sites for hydroxylation is 1. The highest BCUT2D eigenvalue weighted by atomic mass is 32.2. The van der Waals surface area contributed by atoms with Gasteiger partial charge in [0.25, 0.3) is 10.0 Å². The summed E-state index contributed by atoms with van der Waals surface area (Å²) in [4.78, 5) is 29.5. The smallest absolute Gasteiger partial charge is 0.264 e. The van der Waals surface area contributed by atoms with E-state index in [1.165, 1.54) is 24.1 Å². The molecule has 0 saturated heterocycles. The van der Waals surface area contributed by atoms with Gasteiger partial charge >= 0.3 is 0 Å². The number of rotatable bonds is 13. The van der Waals surface area contributed by atoms with Gasteiger partial charge < -0.3 is 15.0 Å². The number of likely N-dealkylation sites (N-methyl/N-ethyl adjacent to an activating group) is 1. The molecular weight excluding hydrogens is 611 g/mol. The molecule has 47 heavy (non-hydrogen) atoms. The lowest BCUT2D eigenvalue weighted by atomic mass is 10.0. The number of benzene rings is 5. The Bertz CT molecular complexity index is 1890. The Labute approximate surface area is 276 Å². The van der Waals surface area contributed by atoms with E-state index in [1.807, 2.05) is 91.9 Å². The van der Waals surface area contributed by atoms with Crippen molar-refractivity contribution < 1.29 is 22.7 Å². The number of carbonyl (C=O) groups is 2. The number of sulfonamides is 1. The molecule has 0 spiro atoms. The topological polar surface area (TPSA) is 96.0 Å². The van der Waals surface area contributed by atoms with Crippen LogP contribution >= 0.6 is 0 Å². The number of para-hydroxylation sites is 1. The van der Waals surface area contributed by atoms with Gasteiger partial charge in [-0.1, -0.05) is 91.0 Å². The van der Waals surface area contributed by atoms with Crippen molar-refractivity contribution in [3.8, 4) is 11.5 Å². The largest absolute Gasteiger partial charge is 0.457 e. The van der Waals surface area contributed by atoms with Crippen LogP contribution in [0.4, 0.5) is 5.69 Å². The zero-order valence-corrected chi connectivity index (χ0v) is 27.1. The van der Waals surface area contributed by atoms with Gasteiger partial charge in [0.15, 0.2) is 0 Å². The number of carbonyl (C=O) groups excluding carboxylic acids is 2. The van der Waals surface area contributed by atoms with E-state index in [2.05, 4.69) is 5.32 Å². The highest BCUT2D eigenvalue weighted by Gasteiger charge is 2.34. The number of nitrogens with zero attached hydrogens (tertiary/aromatic N) is 2. The van der Waals surface area contributed by atoms with Gasteiger partial charge in [0.2, 0.25) is 11.8 Å². The normalized spacial score (nSPS) is 11.7. The lowest BCUT2D eigenvalue weighted by molar-refractivity contribution is -0.139. The molecule has 2 amide bonds. The second-order valence-corrected chi connectivity index (χ2v) is 12.9. The average molecular weight is 648 g/mol. The van der Waals surface area contributed by atoms with Crippen LogP contribution in [0.25, 0.3) is 0 Å². The summed E-state index contributed by atoms with van der Waals surface area (Å²) in [5.74, 6) is 0.263. The summed E-state index contributed by atoms with van der Waals surface area (Å²) in [5.41, 5.74) is 2.94. The fourth-order valence-corrected chi connectivity index (χ4v) is 6.68. The van der Waals surface area contributed by atoms with Gasteiger partial charge in [-0.15, -0.1) is 0 Å². The summed E-state index contributed by atoms with van der Waals surface area (Å²) in [6.45, 7) is 1.51. The van der Waals surface area contributed by atoms with Crippen molar-refractivity contribution >= 4 is 27.5 Å². The first-order valence-electron chi connectivity index (χ1n) is 15.3. The Morgan fingerprint density at radius 2 is 1.28 bits per heavy atom. The maximum atomic E-state index is 14.5. The van der Waals surface area contributed by atoms with Crippen LogP contribution < -0.4 is 14.4 Å². The van der Waals surface area contributed by atoms with Crippen molar-refractivity contribution in [1.29, 1.82) is 0 Å². The standard InChI is InChI=1S/C38H37N3O5S/c1-29-14-12-13-17-31(29)27-40(36(38(43)39-2)26-30-15-6-3-7-16-30)37(42)28-41(47(44,45)35-20-10-5-11-21-35)32-22-24-34(25-23-32)46-33-18-8-4-9-19-33/h3-25,36H,26-28H2,1-2H3,(H,39,43)/t36-/m1/s1. The van der Waals surface area contributed by atoms with Crippen LogP contribution in [0.3, 0.4) is 0 Å². The van der Waals surface area contributed by atoms with E-state index >= 15 is 0 Å². The molecule has 5 rings (SSSR count). The molecule has 0 fully saturated rings. The number of hydrogen-bond acceptors (Lipinski definition) is 5. The molecular formula is C38H37N3O5S. The van der Waals surface area contributed by atoms with Gasteiger partial charge in [-0.2, -0.15) is 0 Å². The van der Waals surface area contributed by atoms with Gasteiger partial charge in [-0.25, -0.2) is 8.42 Å². The van der Waals surface area contributed by atoms with Gasteiger partial charge in [-0.05, 0) is 72.1 Å². The first-order chi connectivity index (χ1) is 22.8. The third-order valence-electron chi connectivity index (χ3n) is 7.83. The van der Waals surface area contributed by atoms with Crippen LogP contribution in [0.15, 0.2) is 144 Å². The number of nitrogens with one attached hydrogen (secondary N) is 1. The number of anilines is 1. The van der Waals surface area contributed by atoms with Gasteiger partial charge in [0.1, 0.15) is 24.1 Å². The summed E-state index contributed by atoms with van der Waals surface area (Å²) in [7, 11) is -2.67. The molecule has 0 aromatic heterocycles. The van der Waals surface area contributed by atoms with E-state index in [-0.39, 0.29) is 29.5 Å². The lowest BCUT2D eigenvalue weighted by Gasteiger charge is -2.34. The summed E-state index contributed by atoms with van der Waals surface area (Å²) < 4.78 is 35.4. The summed E-state index contributed by atoms with van der Waals surface area (Å²) in [6, 6.07) is 39.9. The molecule has 0 saturated carbocycles. The monoisotopic (exact) mass is 647 g/mol. The fraction of sp³-hybridized carbons (Fsp3) is 0.158. The molecule has 240 valence electrons. The van der Waals surface area contributed by atoms with E-state index in [9.17, 15) is 18.0 Å². The van der Waals surface area contributed by atoms with Crippen LogP contribution in [0.2, 0.25) is 0 Å². The van der Waals surface area contributed by atoms with E-state index in [4.69, 9.17) is 4.74 Å². The Balaban J connectivity index is 1.54. The number of ether oxygens (including phenoxy) is 1.